The van der Waals surface area contributed by atoms with E-state index in [4.69, 9.17) is 0 Å². The molecular weight excluding hydrogens is 274 g/mol. The third kappa shape index (κ3) is 5.34. The van der Waals surface area contributed by atoms with Gasteiger partial charge in [0.1, 0.15) is 0 Å². The largest absolute Gasteiger partial charge is 0.313 e. The maximum Gasteiger partial charge on any atom is 0.0207 e. The molecule has 1 aromatic rings. The lowest BCUT2D eigenvalue weighted by molar-refractivity contribution is 0.353. The highest BCUT2D eigenvalue weighted by Crippen LogP contribution is 2.38. The average molecular weight is 306 g/mol. The first-order valence-corrected chi connectivity index (χ1v) is 9.65. The Kier molecular flexibility index (Phi) is 7.12. The predicted octanol–water partition coefficient (Wildman–Crippen LogP) is 5.08. The molecule has 0 saturated heterocycles. The highest BCUT2D eigenvalue weighted by molar-refractivity contribution is 7.99. The number of hydrogen-bond donors (Lipinski definition) is 1. The quantitative estimate of drug-likeness (QED) is 0.754. The van der Waals surface area contributed by atoms with Gasteiger partial charge in [0.25, 0.3) is 0 Å². The summed E-state index contributed by atoms with van der Waals surface area (Å²) in [5.74, 6) is 2.84. The highest BCUT2D eigenvalue weighted by atomic mass is 32.2. The lowest BCUT2D eigenvalue weighted by atomic mass is 9.81. The molecule has 1 N–H and O–H groups in total. The Labute approximate surface area is 135 Å². The van der Waals surface area contributed by atoms with Crippen molar-refractivity contribution in [2.75, 3.05) is 12.3 Å². The van der Waals surface area contributed by atoms with E-state index in [2.05, 4.69) is 68.2 Å². The fourth-order valence-electron chi connectivity index (χ4n) is 3.22. The first-order valence-electron chi connectivity index (χ1n) is 8.60. The van der Waals surface area contributed by atoms with E-state index in [0.717, 1.165) is 17.1 Å². The first-order chi connectivity index (χ1) is 10.2. The molecule has 118 valence electrons. The Hall–Kier alpha value is -0.470. The summed E-state index contributed by atoms with van der Waals surface area (Å²) >= 11 is 2.20. The van der Waals surface area contributed by atoms with Gasteiger partial charge in [-0.15, -0.1) is 0 Å². The van der Waals surface area contributed by atoms with E-state index >= 15 is 0 Å². The summed E-state index contributed by atoms with van der Waals surface area (Å²) in [4.78, 5) is 0. The molecule has 1 nitrogen and oxygen atoms in total. The Balaban J connectivity index is 1.98. The Morgan fingerprint density at radius 2 is 1.95 bits per heavy atom. The van der Waals surface area contributed by atoms with Crippen molar-refractivity contribution in [3.63, 3.8) is 0 Å². The Bertz CT molecular complexity index is 390. The van der Waals surface area contributed by atoms with Gasteiger partial charge in [-0.3, -0.25) is 0 Å². The molecule has 21 heavy (non-hydrogen) atoms. The monoisotopic (exact) mass is 305 g/mol. The van der Waals surface area contributed by atoms with E-state index in [0.29, 0.717) is 6.04 Å². The number of benzene rings is 1. The van der Waals surface area contributed by atoms with E-state index < -0.39 is 0 Å². The molecule has 1 saturated carbocycles. The van der Waals surface area contributed by atoms with Gasteiger partial charge >= 0.3 is 0 Å². The van der Waals surface area contributed by atoms with Gasteiger partial charge in [-0.1, -0.05) is 51.1 Å². The summed E-state index contributed by atoms with van der Waals surface area (Å²) in [6.45, 7) is 8.09. The molecule has 1 fully saturated rings. The predicted molar refractivity (Wildman–Crippen MR) is 96.2 cm³/mol. The topological polar surface area (TPSA) is 12.0 Å². The summed E-state index contributed by atoms with van der Waals surface area (Å²) in [6.07, 6.45) is 5.24. The smallest absolute Gasteiger partial charge is 0.0207 e. The van der Waals surface area contributed by atoms with Gasteiger partial charge in [-0.25, -0.2) is 0 Å². The zero-order valence-corrected chi connectivity index (χ0v) is 14.7. The molecule has 2 heteroatoms. The maximum absolute atomic E-state index is 3.80. The number of rotatable bonds is 7. The zero-order chi connectivity index (χ0) is 15.1. The highest BCUT2D eigenvalue weighted by Gasteiger charge is 2.31. The van der Waals surface area contributed by atoms with E-state index in [1.165, 1.54) is 38.0 Å². The summed E-state index contributed by atoms with van der Waals surface area (Å²) < 4.78 is 0. The summed E-state index contributed by atoms with van der Waals surface area (Å²) in [6, 6.07) is 11.8. The van der Waals surface area contributed by atoms with Gasteiger partial charge in [0.2, 0.25) is 0 Å². The number of thioether (sulfide) groups is 1. The summed E-state index contributed by atoms with van der Waals surface area (Å²) in [5, 5.41) is 4.57. The van der Waals surface area contributed by atoms with Crippen molar-refractivity contribution < 1.29 is 0 Å². The van der Waals surface area contributed by atoms with Crippen LogP contribution in [0, 0.1) is 5.92 Å². The van der Waals surface area contributed by atoms with Crippen LogP contribution in [0.1, 0.15) is 57.9 Å². The molecule has 2 rings (SSSR count). The van der Waals surface area contributed by atoms with E-state index in [1.54, 1.807) is 5.56 Å². The van der Waals surface area contributed by atoms with E-state index in [9.17, 15) is 0 Å². The molecule has 3 unspecified atom stereocenters. The van der Waals surface area contributed by atoms with Gasteiger partial charge in [-0.2, -0.15) is 11.8 Å². The van der Waals surface area contributed by atoms with Crippen molar-refractivity contribution >= 4 is 11.8 Å². The normalized spacial score (nSPS) is 26.2. The molecule has 0 aliphatic heterocycles. The Morgan fingerprint density at radius 1 is 1.19 bits per heavy atom. The summed E-state index contributed by atoms with van der Waals surface area (Å²) in [7, 11) is 0. The Morgan fingerprint density at radius 3 is 2.62 bits per heavy atom. The van der Waals surface area contributed by atoms with Crippen molar-refractivity contribution in [3.8, 4) is 0 Å². The van der Waals surface area contributed by atoms with E-state index in [1.807, 2.05) is 0 Å². The molecule has 1 aromatic carbocycles. The van der Waals surface area contributed by atoms with Crippen molar-refractivity contribution in [3.05, 3.63) is 35.9 Å². The maximum atomic E-state index is 3.80. The van der Waals surface area contributed by atoms with Crippen molar-refractivity contribution in [2.24, 2.45) is 5.92 Å². The van der Waals surface area contributed by atoms with Crippen LogP contribution in [0.25, 0.3) is 0 Å². The van der Waals surface area contributed by atoms with Gasteiger partial charge < -0.3 is 5.32 Å². The molecule has 1 aliphatic rings. The molecule has 3 atom stereocenters. The lowest BCUT2D eigenvalue weighted by Gasteiger charge is -2.37. The van der Waals surface area contributed by atoms with Crippen LogP contribution in [0.2, 0.25) is 0 Å². The van der Waals surface area contributed by atoms with Crippen LogP contribution in [-0.4, -0.2) is 23.6 Å². The second kappa shape index (κ2) is 8.85. The molecule has 0 aromatic heterocycles. The fourth-order valence-corrected chi connectivity index (χ4v) is 4.69. The van der Waals surface area contributed by atoms with Crippen molar-refractivity contribution in [2.45, 2.75) is 63.7 Å². The van der Waals surface area contributed by atoms with Crippen LogP contribution in [-0.2, 0) is 0 Å². The number of nitrogens with one attached hydrogen (secondary N) is 1. The van der Waals surface area contributed by atoms with Crippen LogP contribution >= 0.6 is 11.8 Å². The molecule has 0 spiro atoms. The van der Waals surface area contributed by atoms with Gasteiger partial charge in [0, 0.05) is 11.3 Å². The fraction of sp³-hybridized carbons (Fsp3) is 0.684. The second-order valence-corrected chi connectivity index (χ2v) is 8.02. The minimum Gasteiger partial charge on any atom is -0.313 e. The molecule has 0 amide bonds. The lowest BCUT2D eigenvalue weighted by Crippen LogP contribution is -2.42. The van der Waals surface area contributed by atoms with Crippen molar-refractivity contribution in [1.82, 2.24) is 5.32 Å². The molecule has 0 bridgehead atoms. The van der Waals surface area contributed by atoms with Crippen molar-refractivity contribution in [1.29, 1.82) is 0 Å². The SMILES string of the molecule is CCCNC1CCC(c2ccccc2)CC1SCC(C)C. The van der Waals surface area contributed by atoms with Gasteiger partial charge in [0.15, 0.2) is 0 Å². The van der Waals surface area contributed by atoms with E-state index in [-0.39, 0.29) is 0 Å². The molecule has 0 radical (unpaired) electrons. The van der Waals surface area contributed by atoms with Crippen LogP contribution in [0.5, 0.6) is 0 Å². The minimum absolute atomic E-state index is 0.716. The first kappa shape index (κ1) is 16.9. The summed E-state index contributed by atoms with van der Waals surface area (Å²) in [5.41, 5.74) is 1.54. The molecular formula is C19H31NS. The third-order valence-electron chi connectivity index (χ3n) is 4.36. The van der Waals surface area contributed by atoms with Crippen LogP contribution in [0.15, 0.2) is 30.3 Å². The van der Waals surface area contributed by atoms with Crippen LogP contribution in [0.4, 0.5) is 0 Å². The third-order valence-corrected chi connectivity index (χ3v) is 6.17. The minimum atomic E-state index is 0.716. The van der Waals surface area contributed by atoms with Gasteiger partial charge in [-0.05, 0) is 55.4 Å². The molecule has 1 aliphatic carbocycles. The second-order valence-electron chi connectivity index (χ2n) is 6.75. The van der Waals surface area contributed by atoms with Gasteiger partial charge in [0.05, 0.1) is 0 Å². The standard InChI is InChI=1S/C19H31NS/c1-4-12-20-18-11-10-17(16-8-6-5-7-9-16)13-19(18)21-14-15(2)3/h5-9,15,17-20H,4,10-14H2,1-3H3. The zero-order valence-electron chi connectivity index (χ0n) is 13.8. The van der Waals surface area contributed by atoms with Crippen LogP contribution in [0.3, 0.4) is 0 Å². The number of hydrogen-bond acceptors (Lipinski definition) is 2. The molecule has 0 heterocycles. The van der Waals surface area contributed by atoms with Crippen LogP contribution < -0.4 is 5.32 Å². The average Bonchev–Trinajstić information content (AvgIpc) is 2.52.